The summed E-state index contributed by atoms with van der Waals surface area (Å²) in [7, 11) is 0. The summed E-state index contributed by atoms with van der Waals surface area (Å²) < 4.78 is 0. The molecule has 1 aromatic rings. The van der Waals surface area contributed by atoms with Gasteiger partial charge in [0.25, 0.3) is 0 Å². The summed E-state index contributed by atoms with van der Waals surface area (Å²) in [5.74, 6) is -0.0279. The Morgan fingerprint density at radius 3 is 2.24 bits per heavy atom. The second kappa shape index (κ2) is 5.82. The summed E-state index contributed by atoms with van der Waals surface area (Å²) in [6, 6.07) is 6.09. The van der Waals surface area contributed by atoms with Gasteiger partial charge >= 0.3 is 0 Å². The van der Waals surface area contributed by atoms with Gasteiger partial charge in [0, 0.05) is 11.7 Å². The first-order chi connectivity index (χ1) is 7.99. The van der Waals surface area contributed by atoms with Gasteiger partial charge in [-0.2, -0.15) is 0 Å². The number of aliphatic hydroxyl groups is 1. The normalized spacial score (nSPS) is 10.7. The molecule has 0 saturated heterocycles. The Morgan fingerprint density at radius 2 is 1.82 bits per heavy atom. The quantitative estimate of drug-likeness (QED) is 0.870. The standard InChI is InChI=1S/C14H21NO2/c1-10(2)15(13(17)8-9-16)14-11(3)6-5-7-12(14)4/h5-7,10,16H,8-9H2,1-4H3. The lowest BCUT2D eigenvalue weighted by molar-refractivity contribution is -0.119. The number of carbonyl (C=O) groups excluding carboxylic acids is 1. The molecule has 0 aliphatic heterocycles. The molecule has 0 atom stereocenters. The van der Waals surface area contributed by atoms with Crippen LogP contribution in [0.3, 0.4) is 0 Å². The molecule has 1 N–H and O–H groups in total. The van der Waals surface area contributed by atoms with Crippen molar-refractivity contribution in [3.8, 4) is 0 Å². The number of benzene rings is 1. The molecule has 17 heavy (non-hydrogen) atoms. The molecule has 1 aromatic carbocycles. The number of aryl methyl sites for hydroxylation is 2. The predicted octanol–water partition coefficient (Wildman–Crippen LogP) is 2.43. The van der Waals surface area contributed by atoms with E-state index >= 15 is 0 Å². The van der Waals surface area contributed by atoms with E-state index in [1.165, 1.54) is 0 Å². The molecule has 0 fully saturated rings. The lowest BCUT2D eigenvalue weighted by atomic mass is 10.1. The van der Waals surface area contributed by atoms with Crippen molar-refractivity contribution in [1.82, 2.24) is 0 Å². The first-order valence-electron chi connectivity index (χ1n) is 5.98. The first kappa shape index (κ1) is 13.7. The Hall–Kier alpha value is -1.35. The fraction of sp³-hybridized carbons (Fsp3) is 0.500. The van der Waals surface area contributed by atoms with Crippen LogP contribution in [0.5, 0.6) is 0 Å². The topological polar surface area (TPSA) is 40.5 Å². The monoisotopic (exact) mass is 235 g/mol. The number of nitrogens with zero attached hydrogens (tertiary/aromatic N) is 1. The molecule has 0 saturated carbocycles. The van der Waals surface area contributed by atoms with Gasteiger partial charge in [0.1, 0.15) is 0 Å². The summed E-state index contributed by atoms with van der Waals surface area (Å²) >= 11 is 0. The molecular weight excluding hydrogens is 214 g/mol. The minimum atomic E-state index is -0.104. The number of hydrogen-bond acceptors (Lipinski definition) is 2. The summed E-state index contributed by atoms with van der Waals surface area (Å²) in [6.45, 7) is 7.88. The van der Waals surface area contributed by atoms with E-state index in [2.05, 4.69) is 0 Å². The molecule has 0 aromatic heterocycles. The van der Waals surface area contributed by atoms with Crippen molar-refractivity contribution in [2.24, 2.45) is 0 Å². The van der Waals surface area contributed by atoms with E-state index in [0.717, 1.165) is 16.8 Å². The molecule has 3 heteroatoms. The van der Waals surface area contributed by atoms with Gasteiger partial charge in [-0.3, -0.25) is 4.79 Å². The molecule has 0 aliphatic rings. The van der Waals surface area contributed by atoms with Crippen LogP contribution >= 0.6 is 0 Å². The van der Waals surface area contributed by atoms with Gasteiger partial charge < -0.3 is 10.0 Å². The van der Waals surface area contributed by atoms with Gasteiger partial charge in [-0.05, 0) is 38.8 Å². The van der Waals surface area contributed by atoms with Gasteiger partial charge in [-0.1, -0.05) is 18.2 Å². The zero-order valence-electron chi connectivity index (χ0n) is 11.0. The highest BCUT2D eigenvalue weighted by atomic mass is 16.3. The van der Waals surface area contributed by atoms with Gasteiger partial charge in [0.15, 0.2) is 0 Å². The maximum Gasteiger partial charge on any atom is 0.229 e. The molecule has 0 heterocycles. The summed E-state index contributed by atoms with van der Waals surface area (Å²) in [4.78, 5) is 13.8. The maximum atomic E-state index is 12.1. The lowest BCUT2D eigenvalue weighted by Gasteiger charge is -2.29. The van der Waals surface area contributed by atoms with E-state index in [-0.39, 0.29) is 25.0 Å². The van der Waals surface area contributed by atoms with Crippen molar-refractivity contribution in [2.45, 2.75) is 40.2 Å². The molecule has 3 nitrogen and oxygen atoms in total. The molecule has 0 unspecified atom stereocenters. The van der Waals surface area contributed by atoms with Crippen LogP contribution in [0.1, 0.15) is 31.4 Å². The van der Waals surface area contributed by atoms with E-state index in [9.17, 15) is 4.79 Å². The zero-order valence-corrected chi connectivity index (χ0v) is 11.0. The minimum absolute atomic E-state index is 0.0279. The number of hydrogen-bond donors (Lipinski definition) is 1. The number of anilines is 1. The van der Waals surface area contributed by atoms with Crippen LogP contribution in [-0.2, 0) is 4.79 Å². The number of amides is 1. The minimum Gasteiger partial charge on any atom is -0.396 e. The molecule has 1 rings (SSSR count). The average molecular weight is 235 g/mol. The van der Waals surface area contributed by atoms with Gasteiger partial charge in [-0.15, -0.1) is 0 Å². The molecule has 1 amide bonds. The number of para-hydroxylation sites is 1. The van der Waals surface area contributed by atoms with Gasteiger partial charge in [0.2, 0.25) is 5.91 Å². The molecule has 0 aliphatic carbocycles. The largest absolute Gasteiger partial charge is 0.396 e. The summed E-state index contributed by atoms with van der Waals surface area (Å²) in [5.41, 5.74) is 3.15. The van der Waals surface area contributed by atoms with Crippen LogP contribution in [0.25, 0.3) is 0 Å². The smallest absolute Gasteiger partial charge is 0.229 e. The van der Waals surface area contributed by atoms with E-state index < -0.39 is 0 Å². The van der Waals surface area contributed by atoms with Gasteiger partial charge in [-0.25, -0.2) is 0 Å². The van der Waals surface area contributed by atoms with Crippen molar-refractivity contribution in [3.05, 3.63) is 29.3 Å². The Morgan fingerprint density at radius 1 is 1.29 bits per heavy atom. The number of rotatable bonds is 4. The first-order valence-corrected chi connectivity index (χ1v) is 5.98. The van der Waals surface area contributed by atoms with Crippen molar-refractivity contribution in [1.29, 1.82) is 0 Å². The Bertz CT molecular complexity index is 379. The second-order valence-electron chi connectivity index (χ2n) is 4.57. The molecular formula is C14H21NO2. The second-order valence-corrected chi connectivity index (χ2v) is 4.57. The van der Waals surface area contributed by atoms with Crippen molar-refractivity contribution < 1.29 is 9.90 Å². The predicted molar refractivity (Wildman–Crippen MR) is 70.2 cm³/mol. The zero-order chi connectivity index (χ0) is 13.0. The molecule has 0 spiro atoms. The van der Waals surface area contributed by atoms with Crippen LogP contribution < -0.4 is 4.90 Å². The molecule has 94 valence electrons. The number of aliphatic hydroxyl groups excluding tert-OH is 1. The average Bonchev–Trinajstić information content (AvgIpc) is 2.23. The third kappa shape index (κ3) is 3.07. The highest BCUT2D eigenvalue weighted by Crippen LogP contribution is 2.26. The number of carbonyl (C=O) groups is 1. The lowest BCUT2D eigenvalue weighted by Crippen LogP contribution is -2.38. The van der Waals surface area contributed by atoms with Crippen molar-refractivity contribution >= 4 is 11.6 Å². The Balaban J connectivity index is 3.19. The third-order valence-corrected chi connectivity index (χ3v) is 2.79. The highest BCUT2D eigenvalue weighted by Gasteiger charge is 2.21. The van der Waals surface area contributed by atoms with Crippen LogP contribution in [0.4, 0.5) is 5.69 Å². The highest BCUT2D eigenvalue weighted by molar-refractivity contribution is 5.95. The third-order valence-electron chi connectivity index (χ3n) is 2.79. The summed E-state index contributed by atoms with van der Waals surface area (Å²) in [5, 5.41) is 8.91. The Kier molecular flexibility index (Phi) is 4.70. The SMILES string of the molecule is Cc1cccc(C)c1N(C(=O)CCO)C(C)C. The Labute approximate surface area is 103 Å². The van der Waals surface area contributed by atoms with Crippen LogP contribution in [0.15, 0.2) is 18.2 Å². The van der Waals surface area contributed by atoms with Crippen LogP contribution in [-0.4, -0.2) is 23.7 Å². The van der Waals surface area contributed by atoms with Crippen LogP contribution in [0, 0.1) is 13.8 Å². The van der Waals surface area contributed by atoms with E-state index in [4.69, 9.17) is 5.11 Å². The maximum absolute atomic E-state index is 12.1. The summed E-state index contributed by atoms with van der Waals surface area (Å²) in [6.07, 6.45) is 0.173. The van der Waals surface area contributed by atoms with Crippen molar-refractivity contribution in [3.63, 3.8) is 0 Å². The fourth-order valence-electron chi connectivity index (χ4n) is 2.07. The molecule has 0 bridgehead atoms. The van der Waals surface area contributed by atoms with E-state index in [1.807, 2.05) is 45.9 Å². The van der Waals surface area contributed by atoms with E-state index in [1.54, 1.807) is 4.90 Å². The fourth-order valence-corrected chi connectivity index (χ4v) is 2.07. The van der Waals surface area contributed by atoms with E-state index in [0.29, 0.717) is 0 Å². The van der Waals surface area contributed by atoms with Crippen LogP contribution in [0.2, 0.25) is 0 Å². The van der Waals surface area contributed by atoms with Gasteiger partial charge in [0.05, 0.1) is 13.0 Å². The molecule has 0 radical (unpaired) electrons. The van der Waals surface area contributed by atoms with Crippen molar-refractivity contribution in [2.75, 3.05) is 11.5 Å².